The molecule has 0 N–H and O–H groups in total. The van der Waals surface area contributed by atoms with Crippen LogP contribution in [0.1, 0.15) is 6.92 Å². The van der Waals surface area contributed by atoms with E-state index >= 15 is 0 Å². The van der Waals surface area contributed by atoms with Crippen LogP contribution in [0.25, 0.3) is 0 Å². The molecule has 0 bridgehead atoms. The Morgan fingerprint density at radius 2 is 2.25 bits per heavy atom. The maximum atomic E-state index is 10.2. The van der Waals surface area contributed by atoms with Crippen LogP contribution in [0.4, 0.5) is 0 Å². The van der Waals surface area contributed by atoms with E-state index in [0.29, 0.717) is 0 Å². The lowest BCUT2D eigenvalue weighted by Gasteiger charge is -2.00. The molecule has 0 aromatic rings. The summed E-state index contributed by atoms with van der Waals surface area (Å²) in [5.41, 5.74) is 0. The van der Waals surface area contributed by atoms with Crippen LogP contribution >= 0.6 is 0 Å². The van der Waals surface area contributed by atoms with Crippen LogP contribution in [0.2, 0.25) is 0 Å². The van der Waals surface area contributed by atoms with E-state index in [1.54, 1.807) is 0 Å². The van der Waals surface area contributed by atoms with E-state index in [-0.39, 0.29) is 11.5 Å². The van der Waals surface area contributed by atoms with E-state index in [9.17, 15) is 9.90 Å². The Kier molecular flexibility index (Phi) is 2.62. The lowest BCUT2D eigenvalue weighted by molar-refractivity contribution is -0.294. The molecule has 0 heterocycles. The second kappa shape index (κ2) is 3.02. The van der Waals surface area contributed by atoms with Crippen LogP contribution in [0.15, 0.2) is 24.5 Å². The number of ketones is 1. The van der Waals surface area contributed by atoms with E-state index < -0.39 is 0 Å². The van der Waals surface area contributed by atoms with Crippen LogP contribution in [0.3, 0.4) is 0 Å². The van der Waals surface area contributed by atoms with E-state index in [1.165, 1.54) is 6.92 Å². The van der Waals surface area contributed by atoms with Gasteiger partial charge in [0, 0.05) is 0 Å². The SMILES string of the molecule is C=C/C([O-])=C/C(C)=O. The maximum Gasteiger partial charge on any atom is 0.152 e. The molecule has 44 valence electrons. The van der Waals surface area contributed by atoms with Gasteiger partial charge in [0.25, 0.3) is 0 Å². The molecule has 2 nitrogen and oxygen atoms in total. The van der Waals surface area contributed by atoms with Crippen molar-refractivity contribution in [3.8, 4) is 0 Å². The predicted molar refractivity (Wildman–Crippen MR) is 29.0 cm³/mol. The normalized spacial score (nSPS) is 10.9. The van der Waals surface area contributed by atoms with Gasteiger partial charge < -0.3 is 5.11 Å². The first-order valence-corrected chi connectivity index (χ1v) is 2.18. The van der Waals surface area contributed by atoms with Crippen molar-refractivity contribution in [3.05, 3.63) is 24.5 Å². The van der Waals surface area contributed by atoms with Crippen LogP contribution < -0.4 is 5.11 Å². The molecule has 0 aromatic heterocycles. The van der Waals surface area contributed by atoms with Crippen molar-refractivity contribution >= 4 is 5.78 Å². The summed E-state index contributed by atoms with van der Waals surface area (Å²) in [5.74, 6) is -0.576. The molecule has 0 saturated heterocycles. The Bertz CT molecular complexity index is 133. The molecule has 0 aromatic carbocycles. The Morgan fingerprint density at radius 1 is 1.75 bits per heavy atom. The third-order valence-corrected chi connectivity index (χ3v) is 0.547. The van der Waals surface area contributed by atoms with Crippen molar-refractivity contribution in [1.82, 2.24) is 0 Å². The number of rotatable bonds is 2. The van der Waals surface area contributed by atoms with Crippen LogP contribution in [0, 0.1) is 0 Å². The van der Waals surface area contributed by atoms with Crippen molar-refractivity contribution in [1.29, 1.82) is 0 Å². The van der Waals surface area contributed by atoms with E-state index in [4.69, 9.17) is 0 Å². The number of hydrogen-bond acceptors (Lipinski definition) is 2. The summed E-state index contributed by atoms with van der Waals surface area (Å²) in [6.07, 6.45) is 2.09. The summed E-state index contributed by atoms with van der Waals surface area (Å²) in [4.78, 5) is 10.1. The zero-order chi connectivity index (χ0) is 6.57. The fourth-order valence-electron chi connectivity index (χ4n) is 0.259. The molecule has 0 fully saturated rings. The minimum atomic E-state index is -0.336. The average Bonchev–Trinajstić information content (AvgIpc) is 1.65. The molecule has 0 radical (unpaired) electrons. The lowest BCUT2D eigenvalue weighted by Crippen LogP contribution is -2.01. The van der Waals surface area contributed by atoms with Gasteiger partial charge in [0.1, 0.15) is 0 Å². The Labute approximate surface area is 48.1 Å². The molecule has 0 aliphatic carbocycles. The monoisotopic (exact) mass is 111 g/mol. The average molecular weight is 111 g/mol. The summed E-state index contributed by atoms with van der Waals surface area (Å²) < 4.78 is 0. The molecule has 2 heteroatoms. The van der Waals surface area contributed by atoms with E-state index in [1.807, 2.05) is 0 Å². The van der Waals surface area contributed by atoms with Crippen molar-refractivity contribution in [2.24, 2.45) is 0 Å². The molecule has 0 unspecified atom stereocenters. The Balaban J connectivity index is 3.94. The van der Waals surface area contributed by atoms with E-state index in [2.05, 4.69) is 6.58 Å². The standard InChI is InChI=1S/C6H8O2/c1-3-6(8)4-5(2)7/h3-4,8H,1H2,2H3/p-1/b6-4-. The fraction of sp³-hybridized carbons (Fsp3) is 0.167. The maximum absolute atomic E-state index is 10.2. The minimum absolute atomic E-state index is 0.241. The van der Waals surface area contributed by atoms with Gasteiger partial charge in [-0.3, -0.25) is 4.79 Å². The first-order chi connectivity index (χ1) is 3.66. The van der Waals surface area contributed by atoms with Crippen LogP contribution in [0.5, 0.6) is 0 Å². The molecule has 8 heavy (non-hydrogen) atoms. The highest BCUT2D eigenvalue weighted by molar-refractivity contribution is 5.87. The lowest BCUT2D eigenvalue weighted by atomic mass is 10.3. The second-order valence-electron chi connectivity index (χ2n) is 1.36. The Morgan fingerprint density at radius 3 is 2.38 bits per heavy atom. The van der Waals surface area contributed by atoms with Gasteiger partial charge >= 0.3 is 0 Å². The summed E-state index contributed by atoms with van der Waals surface area (Å²) in [5, 5.41) is 10.2. The van der Waals surface area contributed by atoms with Gasteiger partial charge in [-0.15, -0.1) is 5.76 Å². The summed E-state index contributed by atoms with van der Waals surface area (Å²) in [7, 11) is 0. The van der Waals surface area contributed by atoms with Gasteiger partial charge in [-0.2, -0.15) is 0 Å². The zero-order valence-electron chi connectivity index (χ0n) is 4.68. The molecule has 0 aliphatic rings. The smallest absolute Gasteiger partial charge is 0.152 e. The third-order valence-electron chi connectivity index (χ3n) is 0.547. The third kappa shape index (κ3) is 3.15. The van der Waals surface area contributed by atoms with E-state index in [0.717, 1.165) is 12.2 Å². The number of carbonyl (C=O) groups excluding carboxylic acids is 1. The first kappa shape index (κ1) is 6.95. The first-order valence-electron chi connectivity index (χ1n) is 2.18. The number of hydrogen-bond donors (Lipinski definition) is 0. The largest absolute Gasteiger partial charge is 0.872 e. The van der Waals surface area contributed by atoms with Gasteiger partial charge in [0.2, 0.25) is 0 Å². The van der Waals surface area contributed by atoms with Gasteiger partial charge in [0.15, 0.2) is 5.78 Å². The summed E-state index contributed by atoms with van der Waals surface area (Å²) >= 11 is 0. The van der Waals surface area contributed by atoms with Crippen molar-refractivity contribution in [2.75, 3.05) is 0 Å². The van der Waals surface area contributed by atoms with Crippen molar-refractivity contribution < 1.29 is 9.90 Å². The van der Waals surface area contributed by atoms with Gasteiger partial charge in [0.05, 0.1) is 0 Å². The quantitative estimate of drug-likeness (QED) is 0.286. The highest BCUT2D eigenvalue weighted by atomic mass is 16.3. The predicted octanol–water partition coefficient (Wildman–Crippen LogP) is 0.00560. The topological polar surface area (TPSA) is 40.1 Å². The molecular weight excluding hydrogens is 104 g/mol. The van der Waals surface area contributed by atoms with Gasteiger partial charge in [-0.25, -0.2) is 0 Å². The fourth-order valence-corrected chi connectivity index (χ4v) is 0.259. The number of allylic oxidation sites excluding steroid dienone is 2. The van der Waals surface area contributed by atoms with Crippen molar-refractivity contribution in [3.63, 3.8) is 0 Å². The van der Waals surface area contributed by atoms with Gasteiger partial charge in [-0.1, -0.05) is 12.7 Å². The summed E-state index contributed by atoms with van der Waals surface area (Å²) in [6.45, 7) is 4.50. The van der Waals surface area contributed by atoms with Crippen LogP contribution in [-0.2, 0) is 4.79 Å². The zero-order valence-corrected chi connectivity index (χ0v) is 4.68. The molecule has 0 rings (SSSR count). The summed E-state index contributed by atoms with van der Waals surface area (Å²) in [6, 6.07) is 0. The molecule has 0 saturated carbocycles. The second-order valence-corrected chi connectivity index (χ2v) is 1.36. The van der Waals surface area contributed by atoms with Crippen molar-refractivity contribution in [2.45, 2.75) is 6.92 Å². The molecule has 0 spiro atoms. The highest BCUT2D eigenvalue weighted by Gasteiger charge is 1.78. The number of carbonyl (C=O) groups is 1. The molecule has 0 atom stereocenters. The Hall–Kier alpha value is -1.05. The molecule has 0 amide bonds. The molecule has 0 aliphatic heterocycles. The molecular formula is C6H7O2-. The highest BCUT2D eigenvalue weighted by Crippen LogP contribution is 1.82. The van der Waals surface area contributed by atoms with Crippen LogP contribution in [-0.4, -0.2) is 5.78 Å². The van der Waals surface area contributed by atoms with Gasteiger partial charge in [-0.05, 0) is 13.0 Å². The minimum Gasteiger partial charge on any atom is -0.872 e.